The van der Waals surface area contributed by atoms with Gasteiger partial charge in [0.2, 0.25) is 11.8 Å². The number of nitrogens with one attached hydrogen (secondary N) is 2. The smallest absolute Gasteiger partial charge is 0.243 e. The zero-order valence-electron chi connectivity index (χ0n) is 19.6. The van der Waals surface area contributed by atoms with E-state index in [0.717, 1.165) is 17.7 Å². The number of amides is 2. The maximum Gasteiger partial charge on any atom is 0.243 e. The van der Waals surface area contributed by atoms with Crippen molar-refractivity contribution in [3.05, 3.63) is 65.7 Å². The van der Waals surface area contributed by atoms with Crippen LogP contribution in [0.3, 0.4) is 0 Å². The highest BCUT2D eigenvalue weighted by Crippen LogP contribution is 2.17. The first kappa shape index (κ1) is 27.2. The molecule has 5 N–H and O–H groups in total. The summed E-state index contributed by atoms with van der Waals surface area (Å²) in [5.74, 6) is -3.12. The van der Waals surface area contributed by atoms with Crippen molar-refractivity contribution in [1.82, 2.24) is 10.6 Å². The standard InChI is InChI=1S/C25H33F2N3O4/c1-15(2)23(25(33)29-13-17-7-5-4-6-8-17)30-24(32)16(3)9-22(31)21(28)14-34-20-11-18(26)10-19(27)12-20/h4-8,10-12,15-16,21-23,31H,9,13-14,28H2,1-3H3,(H,29,33)(H,30,32)/t16?,21-,22-,23-/m0/s1. The molecule has 0 aliphatic rings. The van der Waals surface area contributed by atoms with Gasteiger partial charge in [-0.2, -0.15) is 0 Å². The van der Waals surface area contributed by atoms with Crippen LogP contribution in [0.15, 0.2) is 48.5 Å². The van der Waals surface area contributed by atoms with Gasteiger partial charge in [-0.25, -0.2) is 8.78 Å². The van der Waals surface area contributed by atoms with Crippen molar-refractivity contribution >= 4 is 11.8 Å². The summed E-state index contributed by atoms with van der Waals surface area (Å²) in [5, 5.41) is 16.0. The van der Waals surface area contributed by atoms with Gasteiger partial charge in [0.25, 0.3) is 0 Å². The lowest BCUT2D eigenvalue weighted by atomic mass is 9.96. The second kappa shape index (κ2) is 13.0. The highest BCUT2D eigenvalue weighted by atomic mass is 19.1. The van der Waals surface area contributed by atoms with E-state index in [0.29, 0.717) is 12.6 Å². The predicted octanol–water partition coefficient (Wildman–Crippen LogP) is 2.52. The molecule has 9 heteroatoms. The summed E-state index contributed by atoms with van der Waals surface area (Å²) in [6, 6.07) is 10.5. The van der Waals surface area contributed by atoms with E-state index in [1.165, 1.54) is 0 Å². The summed E-state index contributed by atoms with van der Waals surface area (Å²) in [6.07, 6.45) is -1.09. The number of hydrogen-bond acceptors (Lipinski definition) is 5. The van der Waals surface area contributed by atoms with E-state index in [-0.39, 0.29) is 30.6 Å². The molecule has 0 saturated carbocycles. The second-order valence-electron chi connectivity index (χ2n) is 8.72. The number of hydrogen-bond donors (Lipinski definition) is 4. The highest BCUT2D eigenvalue weighted by molar-refractivity contribution is 5.88. The Kier molecular flexibility index (Phi) is 10.4. The molecule has 34 heavy (non-hydrogen) atoms. The van der Waals surface area contributed by atoms with E-state index in [1.54, 1.807) is 6.92 Å². The molecule has 2 rings (SSSR count). The zero-order valence-corrected chi connectivity index (χ0v) is 19.6. The number of nitrogens with two attached hydrogens (primary N) is 1. The summed E-state index contributed by atoms with van der Waals surface area (Å²) < 4.78 is 31.8. The fourth-order valence-corrected chi connectivity index (χ4v) is 3.28. The quantitative estimate of drug-likeness (QED) is 0.375. The fraction of sp³-hybridized carbons (Fsp3) is 0.440. The SMILES string of the molecule is CC(C[C@H](O)[C@@H](N)COc1cc(F)cc(F)c1)C(=O)N[C@H](C(=O)NCc1ccccc1)C(C)C. The maximum absolute atomic E-state index is 13.3. The van der Waals surface area contributed by atoms with Gasteiger partial charge in [-0.1, -0.05) is 51.1 Å². The molecule has 1 unspecified atom stereocenters. The Bertz CT molecular complexity index is 923. The van der Waals surface area contributed by atoms with E-state index in [9.17, 15) is 23.5 Å². The fourth-order valence-electron chi connectivity index (χ4n) is 3.28. The van der Waals surface area contributed by atoms with Crippen LogP contribution < -0.4 is 21.1 Å². The molecule has 0 aliphatic carbocycles. The molecule has 0 aromatic heterocycles. The summed E-state index contributed by atoms with van der Waals surface area (Å²) in [7, 11) is 0. The van der Waals surface area contributed by atoms with Crippen molar-refractivity contribution in [3.8, 4) is 5.75 Å². The Morgan fingerprint density at radius 2 is 1.65 bits per heavy atom. The minimum absolute atomic E-state index is 0.0182. The molecule has 186 valence electrons. The molecule has 0 fully saturated rings. The lowest BCUT2D eigenvalue weighted by Gasteiger charge is -2.25. The van der Waals surface area contributed by atoms with Gasteiger partial charge in [-0.15, -0.1) is 0 Å². The van der Waals surface area contributed by atoms with Crippen molar-refractivity contribution in [2.24, 2.45) is 17.6 Å². The first-order chi connectivity index (χ1) is 16.1. The Balaban J connectivity index is 1.84. The van der Waals surface area contributed by atoms with Gasteiger partial charge >= 0.3 is 0 Å². The van der Waals surface area contributed by atoms with Gasteiger partial charge in [-0.3, -0.25) is 9.59 Å². The monoisotopic (exact) mass is 477 g/mol. The van der Waals surface area contributed by atoms with Crippen LogP contribution in [0.25, 0.3) is 0 Å². The van der Waals surface area contributed by atoms with Crippen molar-refractivity contribution in [2.75, 3.05) is 6.61 Å². The summed E-state index contributed by atoms with van der Waals surface area (Å²) in [6.45, 7) is 5.42. The van der Waals surface area contributed by atoms with Crippen LogP contribution in [0.2, 0.25) is 0 Å². The van der Waals surface area contributed by atoms with Gasteiger partial charge < -0.3 is 26.2 Å². The molecule has 0 bridgehead atoms. The molecule has 2 aromatic carbocycles. The number of ether oxygens (including phenoxy) is 1. The summed E-state index contributed by atoms with van der Waals surface area (Å²) in [5.41, 5.74) is 6.87. The van der Waals surface area contributed by atoms with E-state index in [2.05, 4.69) is 10.6 Å². The average Bonchev–Trinajstić information content (AvgIpc) is 2.78. The maximum atomic E-state index is 13.3. The Hall–Kier alpha value is -3.04. The van der Waals surface area contributed by atoms with Crippen LogP contribution in [-0.2, 0) is 16.1 Å². The van der Waals surface area contributed by atoms with Gasteiger partial charge in [0, 0.05) is 30.7 Å². The third kappa shape index (κ3) is 8.72. The Morgan fingerprint density at radius 3 is 2.24 bits per heavy atom. The van der Waals surface area contributed by atoms with Gasteiger partial charge in [-0.05, 0) is 17.9 Å². The number of benzene rings is 2. The molecule has 2 amide bonds. The van der Waals surface area contributed by atoms with Gasteiger partial charge in [0.1, 0.15) is 30.0 Å². The average molecular weight is 478 g/mol. The normalized spacial score (nSPS) is 14.7. The Labute approximate surface area is 198 Å². The topological polar surface area (TPSA) is 114 Å². The molecule has 0 heterocycles. The van der Waals surface area contributed by atoms with Crippen LogP contribution in [0.4, 0.5) is 8.78 Å². The van der Waals surface area contributed by atoms with Crippen LogP contribution >= 0.6 is 0 Å². The Morgan fingerprint density at radius 1 is 1.03 bits per heavy atom. The number of rotatable bonds is 12. The van der Waals surface area contributed by atoms with Gasteiger partial charge in [0.15, 0.2) is 0 Å². The first-order valence-corrected chi connectivity index (χ1v) is 11.2. The minimum atomic E-state index is -1.11. The molecule has 7 nitrogen and oxygen atoms in total. The molecule has 0 saturated heterocycles. The predicted molar refractivity (Wildman–Crippen MR) is 125 cm³/mol. The number of aliphatic hydroxyl groups is 1. The molecule has 2 aromatic rings. The lowest BCUT2D eigenvalue weighted by Crippen LogP contribution is -2.51. The summed E-state index contributed by atoms with van der Waals surface area (Å²) in [4.78, 5) is 25.3. The molecule has 0 spiro atoms. The first-order valence-electron chi connectivity index (χ1n) is 11.2. The van der Waals surface area contributed by atoms with Crippen LogP contribution in [0.5, 0.6) is 5.75 Å². The van der Waals surface area contributed by atoms with Crippen LogP contribution in [0.1, 0.15) is 32.8 Å². The third-order valence-electron chi connectivity index (χ3n) is 5.37. The number of halogens is 2. The molecular formula is C25H33F2N3O4. The summed E-state index contributed by atoms with van der Waals surface area (Å²) >= 11 is 0. The van der Waals surface area contributed by atoms with E-state index >= 15 is 0 Å². The van der Waals surface area contributed by atoms with Crippen molar-refractivity contribution in [2.45, 2.75) is 51.9 Å². The lowest BCUT2D eigenvalue weighted by molar-refractivity contribution is -0.132. The van der Waals surface area contributed by atoms with Crippen molar-refractivity contribution in [3.63, 3.8) is 0 Å². The van der Waals surface area contributed by atoms with E-state index in [1.807, 2.05) is 44.2 Å². The largest absolute Gasteiger partial charge is 0.492 e. The zero-order chi connectivity index (χ0) is 25.3. The number of carbonyl (C=O) groups is 2. The minimum Gasteiger partial charge on any atom is -0.492 e. The van der Waals surface area contributed by atoms with E-state index < -0.39 is 41.6 Å². The molecular weight excluding hydrogens is 444 g/mol. The third-order valence-corrected chi connectivity index (χ3v) is 5.37. The van der Waals surface area contributed by atoms with Gasteiger partial charge in [0.05, 0.1) is 12.1 Å². The molecule has 0 radical (unpaired) electrons. The number of carbonyl (C=O) groups excluding carboxylic acids is 2. The molecule has 0 aliphatic heterocycles. The molecule has 4 atom stereocenters. The van der Waals surface area contributed by atoms with E-state index in [4.69, 9.17) is 10.5 Å². The van der Waals surface area contributed by atoms with Crippen molar-refractivity contribution in [1.29, 1.82) is 0 Å². The highest BCUT2D eigenvalue weighted by Gasteiger charge is 2.28. The second-order valence-corrected chi connectivity index (χ2v) is 8.72. The van der Waals surface area contributed by atoms with Crippen LogP contribution in [-0.4, -0.2) is 41.7 Å². The van der Waals surface area contributed by atoms with Crippen LogP contribution in [0, 0.1) is 23.5 Å². The number of aliphatic hydroxyl groups excluding tert-OH is 1. The van der Waals surface area contributed by atoms with Crippen molar-refractivity contribution < 1.29 is 28.2 Å².